The van der Waals surface area contributed by atoms with E-state index in [1.54, 1.807) is 6.21 Å². The molecule has 32 heavy (non-hydrogen) atoms. The van der Waals surface area contributed by atoms with Crippen molar-refractivity contribution in [1.82, 2.24) is 0 Å². The summed E-state index contributed by atoms with van der Waals surface area (Å²) >= 11 is 3.47. The fourth-order valence-electron chi connectivity index (χ4n) is 3.23. The highest BCUT2D eigenvalue weighted by Crippen LogP contribution is 2.25. The third-order valence-corrected chi connectivity index (χ3v) is 5.25. The lowest BCUT2D eigenvalue weighted by molar-refractivity contribution is -0.120. The summed E-state index contributed by atoms with van der Waals surface area (Å²) in [6.07, 6.45) is 1.54. The highest BCUT2D eigenvalue weighted by Gasteiger charge is 2.07. The van der Waals surface area contributed by atoms with Crippen LogP contribution in [0.25, 0.3) is 10.8 Å². The monoisotopic (exact) mass is 488 g/mol. The molecular formula is C26H21BrN2O3. The van der Waals surface area contributed by atoms with E-state index in [1.165, 1.54) is 5.39 Å². The first-order valence-corrected chi connectivity index (χ1v) is 10.9. The molecule has 0 saturated heterocycles. The SMILES string of the molecule is O=C(CO/N=C/c1cc(Br)ccc1OCc1cccc2ccccc12)Nc1ccccc1. The topological polar surface area (TPSA) is 59.9 Å². The Morgan fingerprint density at radius 2 is 1.72 bits per heavy atom. The van der Waals surface area contributed by atoms with Gasteiger partial charge in [0.2, 0.25) is 0 Å². The summed E-state index contributed by atoms with van der Waals surface area (Å²) < 4.78 is 6.98. The van der Waals surface area contributed by atoms with Gasteiger partial charge in [-0.25, -0.2) is 0 Å². The Bertz CT molecular complexity index is 1240. The molecule has 160 valence electrons. The average molecular weight is 489 g/mol. The van der Waals surface area contributed by atoms with Gasteiger partial charge < -0.3 is 14.9 Å². The first kappa shape index (κ1) is 21.6. The average Bonchev–Trinajstić information content (AvgIpc) is 2.82. The van der Waals surface area contributed by atoms with E-state index in [0.29, 0.717) is 18.0 Å². The minimum atomic E-state index is -0.282. The van der Waals surface area contributed by atoms with Crippen molar-refractivity contribution in [2.24, 2.45) is 5.16 Å². The number of carbonyl (C=O) groups is 1. The molecule has 0 aliphatic rings. The molecule has 0 aliphatic carbocycles. The van der Waals surface area contributed by atoms with Gasteiger partial charge in [-0.2, -0.15) is 0 Å². The molecule has 0 saturated carbocycles. The van der Waals surface area contributed by atoms with E-state index in [9.17, 15) is 4.79 Å². The Hall–Kier alpha value is -3.64. The number of halogens is 1. The number of amides is 1. The number of rotatable bonds is 8. The first-order chi connectivity index (χ1) is 15.7. The molecule has 0 heterocycles. The number of benzene rings is 4. The van der Waals surface area contributed by atoms with Crippen LogP contribution in [0.15, 0.2) is 101 Å². The van der Waals surface area contributed by atoms with Crippen LogP contribution in [-0.4, -0.2) is 18.7 Å². The molecule has 0 atom stereocenters. The van der Waals surface area contributed by atoms with Gasteiger partial charge in [0.25, 0.3) is 5.91 Å². The van der Waals surface area contributed by atoms with E-state index in [1.807, 2.05) is 66.7 Å². The predicted octanol–water partition coefficient (Wildman–Crippen LogP) is 6.17. The third-order valence-electron chi connectivity index (χ3n) is 4.75. The Kier molecular flexibility index (Phi) is 7.15. The van der Waals surface area contributed by atoms with Gasteiger partial charge in [-0.1, -0.05) is 81.7 Å². The van der Waals surface area contributed by atoms with Crippen molar-refractivity contribution in [2.45, 2.75) is 6.61 Å². The highest BCUT2D eigenvalue weighted by atomic mass is 79.9. The van der Waals surface area contributed by atoms with Crippen molar-refractivity contribution >= 4 is 44.5 Å². The van der Waals surface area contributed by atoms with E-state index in [4.69, 9.17) is 9.57 Å². The standard InChI is InChI=1S/C26H21BrN2O3/c27-22-13-14-25(31-17-20-9-6-8-19-7-4-5-12-24(19)20)21(15-22)16-28-32-18-26(30)29-23-10-2-1-3-11-23/h1-16H,17-18H2,(H,29,30)/b28-16+. The van der Waals surface area contributed by atoms with Gasteiger partial charge in [-0.05, 0) is 46.7 Å². The summed E-state index contributed by atoms with van der Waals surface area (Å²) in [5.41, 5.74) is 2.55. The summed E-state index contributed by atoms with van der Waals surface area (Å²) in [7, 11) is 0. The maximum Gasteiger partial charge on any atom is 0.265 e. The minimum Gasteiger partial charge on any atom is -0.488 e. The van der Waals surface area contributed by atoms with Crippen LogP contribution in [0.1, 0.15) is 11.1 Å². The molecule has 4 aromatic carbocycles. The van der Waals surface area contributed by atoms with E-state index in [0.717, 1.165) is 21.0 Å². The molecule has 1 N–H and O–H groups in total. The molecule has 0 bridgehead atoms. The summed E-state index contributed by atoms with van der Waals surface area (Å²) in [5, 5.41) is 9.02. The molecule has 5 nitrogen and oxygen atoms in total. The fourth-order valence-corrected chi connectivity index (χ4v) is 3.61. The van der Waals surface area contributed by atoms with Gasteiger partial charge in [0.1, 0.15) is 12.4 Å². The van der Waals surface area contributed by atoms with Crippen LogP contribution in [0.4, 0.5) is 5.69 Å². The van der Waals surface area contributed by atoms with Crippen LogP contribution in [0, 0.1) is 0 Å². The van der Waals surface area contributed by atoms with Crippen molar-refractivity contribution < 1.29 is 14.4 Å². The number of fused-ring (bicyclic) bond motifs is 1. The fraction of sp³-hybridized carbons (Fsp3) is 0.0769. The first-order valence-electron chi connectivity index (χ1n) is 10.1. The van der Waals surface area contributed by atoms with Gasteiger partial charge in [-0.3, -0.25) is 4.79 Å². The number of carbonyl (C=O) groups excluding carboxylic acids is 1. The normalized spacial score (nSPS) is 10.9. The second-order valence-electron chi connectivity index (χ2n) is 7.03. The zero-order valence-electron chi connectivity index (χ0n) is 17.2. The number of nitrogens with one attached hydrogen (secondary N) is 1. The molecule has 4 rings (SSSR count). The Morgan fingerprint density at radius 1 is 0.938 bits per heavy atom. The number of hydrogen-bond donors (Lipinski definition) is 1. The number of oxime groups is 1. The number of ether oxygens (including phenoxy) is 1. The summed E-state index contributed by atoms with van der Waals surface area (Å²) in [6.45, 7) is 0.232. The molecule has 0 spiro atoms. The Morgan fingerprint density at radius 3 is 2.59 bits per heavy atom. The molecule has 0 unspecified atom stereocenters. The molecule has 0 radical (unpaired) electrons. The van der Waals surface area contributed by atoms with E-state index < -0.39 is 0 Å². The second-order valence-corrected chi connectivity index (χ2v) is 7.95. The van der Waals surface area contributed by atoms with Crippen LogP contribution in [0.2, 0.25) is 0 Å². The lowest BCUT2D eigenvalue weighted by Crippen LogP contribution is -2.16. The van der Waals surface area contributed by atoms with E-state index in [2.05, 4.69) is 50.7 Å². The molecule has 6 heteroatoms. The second kappa shape index (κ2) is 10.6. The van der Waals surface area contributed by atoms with Gasteiger partial charge in [-0.15, -0.1) is 0 Å². The largest absolute Gasteiger partial charge is 0.488 e. The van der Waals surface area contributed by atoms with Crippen molar-refractivity contribution in [2.75, 3.05) is 11.9 Å². The van der Waals surface area contributed by atoms with Gasteiger partial charge in [0.05, 0.1) is 6.21 Å². The van der Waals surface area contributed by atoms with Crippen molar-refractivity contribution in [3.63, 3.8) is 0 Å². The number of anilines is 1. The van der Waals surface area contributed by atoms with Gasteiger partial charge in [0, 0.05) is 15.7 Å². The van der Waals surface area contributed by atoms with Crippen molar-refractivity contribution in [3.8, 4) is 5.75 Å². The number of hydrogen-bond acceptors (Lipinski definition) is 4. The molecule has 4 aromatic rings. The Balaban J connectivity index is 1.39. The van der Waals surface area contributed by atoms with Gasteiger partial charge >= 0.3 is 0 Å². The van der Waals surface area contributed by atoms with Crippen molar-refractivity contribution in [1.29, 1.82) is 0 Å². The smallest absolute Gasteiger partial charge is 0.265 e. The van der Waals surface area contributed by atoms with Crippen LogP contribution in [0.3, 0.4) is 0 Å². The van der Waals surface area contributed by atoms with E-state index in [-0.39, 0.29) is 12.5 Å². The van der Waals surface area contributed by atoms with Gasteiger partial charge in [0.15, 0.2) is 6.61 Å². The molecule has 0 aromatic heterocycles. The Labute approximate surface area is 194 Å². The lowest BCUT2D eigenvalue weighted by atomic mass is 10.1. The van der Waals surface area contributed by atoms with Crippen LogP contribution in [-0.2, 0) is 16.2 Å². The number of nitrogens with zero attached hydrogens (tertiary/aromatic N) is 1. The molecular weight excluding hydrogens is 468 g/mol. The highest BCUT2D eigenvalue weighted by molar-refractivity contribution is 9.10. The van der Waals surface area contributed by atoms with Crippen LogP contribution in [0.5, 0.6) is 5.75 Å². The lowest BCUT2D eigenvalue weighted by Gasteiger charge is -2.11. The predicted molar refractivity (Wildman–Crippen MR) is 131 cm³/mol. The maximum atomic E-state index is 12.0. The summed E-state index contributed by atoms with van der Waals surface area (Å²) in [4.78, 5) is 17.1. The summed E-state index contributed by atoms with van der Waals surface area (Å²) in [5.74, 6) is 0.386. The zero-order valence-corrected chi connectivity index (χ0v) is 18.8. The van der Waals surface area contributed by atoms with Crippen LogP contribution < -0.4 is 10.1 Å². The maximum absolute atomic E-state index is 12.0. The minimum absolute atomic E-state index is 0.189. The number of para-hydroxylation sites is 1. The molecule has 0 aliphatic heterocycles. The quantitative estimate of drug-likeness (QED) is 0.238. The van der Waals surface area contributed by atoms with Crippen LogP contribution >= 0.6 is 15.9 Å². The summed E-state index contributed by atoms with van der Waals surface area (Å²) in [6, 6.07) is 29.3. The zero-order chi connectivity index (χ0) is 22.2. The molecule has 0 fully saturated rings. The molecule has 1 amide bonds. The van der Waals surface area contributed by atoms with Crippen molar-refractivity contribution in [3.05, 3.63) is 107 Å². The van der Waals surface area contributed by atoms with E-state index >= 15 is 0 Å². The third kappa shape index (κ3) is 5.74.